The van der Waals surface area contributed by atoms with Crippen LogP contribution < -0.4 is 0 Å². The van der Waals surface area contributed by atoms with E-state index in [0.717, 1.165) is 5.76 Å². The van der Waals surface area contributed by atoms with Gasteiger partial charge in [0.1, 0.15) is 5.76 Å². The fraction of sp³-hybridized carbons (Fsp3) is 0.500. The molecule has 0 aromatic rings. The van der Waals surface area contributed by atoms with Crippen LogP contribution in [0.4, 0.5) is 0 Å². The highest BCUT2D eigenvalue weighted by Crippen LogP contribution is 2.30. The molecule has 1 heterocycles. The minimum absolute atomic E-state index is 0.559. The fourth-order valence-corrected chi connectivity index (χ4v) is 1.38. The van der Waals surface area contributed by atoms with Crippen LogP contribution in [0.2, 0.25) is 0 Å². The predicted octanol–water partition coefficient (Wildman–Crippen LogP) is 2.76. The van der Waals surface area contributed by atoms with E-state index >= 15 is 0 Å². The maximum atomic E-state index is 5.27. The van der Waals surface area contributed by atoms with Gasteiger partial charge in [0, 0.05) is 5.25 Å². The van der Waals surface area contributed by atoms with Gasteiger partial charge in [0.2, 0.25) is 0 Å². The lowest BCUT2D eigenvalue weighted by Gasteiger charge is -2.21. The third-order valence-corrected chi connectivity index (χ3v) is 2.69. The summed E-state index contributed by atoms with van der Waals surface area (Å²) in [5.74, 6) is 1.49. The molecule has 0 aromatic heterocycles. The summed E-state index contributed by atoms with van der Waals surface area (Å²) in [5, 5.41) is 0.559. The van der Waals surface area contributed by atoms with Gasteiger partial charge in [0.25, 0.3) is 0 Å². The van der Waals surface area contributed by atoms with Gasteiger partial charge in [-0.3, -0.25) is 0 Å². The molecule has 0 saturated heterocycles. The molecule has 1 aliphatic rings. The lowest BCUT2D eigenvalue weighted by Crippen LogP contribution is -2.12. The van der Waals surface area contributed by atoms with E-state index in [-0.39, 0.29) is 0 Å². The maximum Gasteiger partial charge on any atom is 0.133 e. The molecule has 0 aliphatic carbocycles. The molecule has 0 amide bonds. The number of rotatable bonds is 1. The molecule has 1 aliphatic heterocycles. The highest BCUT2D eigenvalue weighted by Gasteiger charge is 2.17. The summed E-state index contributed by atoms with van der Waals surface area (Å²) in [6, 6.07) is 0. The van der Waals surface area contributed by atoms with Crippen molar-refractivity contribution in [3.8, 4) is 0 Å². The molecular weight excluding hydrogens is 144 g/mol. The van der Waals surface area contributed by atoms with Crippen LogP contribution in [0.3, 0.4) is 0 Å². The molecule has 0 aromatic carbocycles. The van der Waals surface area contributed by atoms with Crippen LogP contribution in [0.25, 0.3) is 0 Å². The SMILES string of the molecule is C=CC1=CC(C)C(C)SO1. The van der Waals surface area contributed by atoms with Crippen molar-refractivity contribution in [2.45, 2.75) is 19.1 Å². The molecule has 0 saturated carbocycles. The summed E-state index contributed by atoms with van der Waals surface area (Å²) in [4.78, 5) is 0. The minimum Gasteiger partial charge on any atom is -0.426 e. The van der Waals surface area contributed by atoms with Crippen LogP contribution in [0.5, 0.6) is 0 Å². The zero-order chi connectivity index (χ0) is 7.56. The smallest absolute Gasteiger partial charge is 0.133 e. The molecule has 1 rings (SSSR count). The first kappa shape index (κ1) is 7.73. The second-order valence-electron chi connectivity index (χ2n) is 2.52. The zero-order valence-electron chi connectivity index (χ0n) is 6.33. The van der Waals surface area contributed by atoms with Crippen molar-refractivity contribution in [2.24, 2.45) is 5.92 Å². The average molecular weight is 156 g/mol. The summed E-state index contributed by atoms with van der Waals surface area (Å²) in [7, 11) is 0. The number of allylic oxidation sites excluding steroid dienone is 2. The minimum atomic E-state index is 0.559. The highest BCUT2D eigenvalue weighted by molar-refractivity contribution is 7.95. The fourth-order valence-electron chi connectivity index (χ4n) is 0.744. The Morgan fingerprint density at radius 2 is 2.40 bits per heavy atom. The first-order valence-electron chi connectivity index (χ1n) is 3.41. The summed E-state index contributed by atoms with van der Waals surface area (Å²) in [6.45, 7) is 7.98. The first-order chi connectivity index (χ1) is 4.74. The molecule has 2 heteroatoms. The molecule has 0 N–H and O–H groups in total. The Bertz CT molecular complexity index is 163. The van der Waals surface area contributed by atoms with Crippen molar-refractivity contribution in [3.05, 3.63) is 24.5 Å². The summed E-state index contributed by atoms with van der Waals surface area (Å²) < 4.78 is 5.27. The van der Waals surface area contributed by atoms with Crippen molar-refractivity contribution in [1.82, 2.24) is 0 Å². The number of hydrogen-bond donors (Lipinski definition) is 0. The zero-order valence-corrected chi connectivity index (χ0v) is 7.15. The van der Waals surface area contributed by atoms with Gasteiger partial charge < -0.3 is 4.18 Å². The van der Waals surface area contributed by atoms with E-state index in [1.807, 2.05) is 0 Å². The van der Waals surface area contributed by atoms with Crippen molar-refractivity contribution in [1.29, 1.82) is 0 Å². The average Bonchev–Trinajstić information content (AvgIpc) is 1.95. The van der Waals surface area contributed by atoms with Gasteiger partial charge in [-0.2, -0.15) is 0 Å². The van der Waals surface area contributed by atoms with Gasteiger partial charge in [-0.25, -0.2) is 0 Å². The van der Waals surface area contributed by atoms with Gasteiger partial charge >= 0.3 is 0 Å². The second-order valence-corrected chi connectivity index (χ2v) is 3.62. The van der Waals surface area contributed by atoms with Crippen LogP contribution in [0.15, 0.2) is 24.5 Å². The first-order valence-corrected chi connectivity index (χ1v) is 4.22. The third kappa shape index (κ3) is 1.57. The van der Waals surface area contributed by atoms with E-state index in [1.54, 1.807) is 6.08 Å². The van der Waals surface area contributed by atoms with Crippen LogP contribution in [0, 0.1) is 5.92 Å². The molecule has 0 fully saturated rings. The molecule has 0 radical (unpaired) electrons. The van der Waals surface area contributed by atoms with Gasteiger partial charge in [-0.1, -0.05) is 13.5 Å². The lowest BCUT2D eigenvalue weighted by atomic mass is 10.1. The van der Waals surface area contributed by atoms with Crippen molar-refractivity contribution in [2.75, 3.05) is 0 Å². The lowest BCUT2D eigenvalue weighted by molar-refractivity contribution is 0.474. The number of hydrogen-bond acceptors (Lipinski definition) is 2. The Labute approximate surface area is 66.4 Å². The summed E-state index contributed by atoms with van der Waals surface area (Å²) >= 11 is 1.52. The second kappa shape index (κ2) is 3.15. The Hall–Kier alpha value is -0.370. The molecule has 56 valence electrons. The predicted molar refractivity (Wildman–Crippen MR) is 45.6 cm³/mol. The Morgan fingerprint density at radius 1 is 1.70 bits per heavy atom. The van der Waals surface area contributed by atoms with Crippen molar-refractivity contribution < 1.29 is 4.18 Å². The molecule has 0 bridgehead atoms. The van der Waals surface area contributed by atoms with E-state index < -0.39 is 0 Å². The van der Waals surface area contributed by atoms with Crippen LogP contribution in [-0.2, 0) is 4.18 Å². The molecule has 10 heavy (non-hydrogen) atoms. The van der Waals surface area contributed by atoms with Gasteiger partial charge in [0.05, 0.1) is 12.0 Å². The maximum absolute atomic E-state index is 5.27. The highest BCUT2D eigenvalue weighted by atomic mass is 32.2. The van der Waals surface area contributed by atoms with Crippen LogP contribution in [-0.4, -0.2) is 5.25 Å². The Morgan fingerprint density at radius 3 is 2.90 bits per heavy atom. The van der Waals surface area contributed by atoms with E-state index in [9.17, 15) is 0 Å². The molecular formula is C8H12OS. The molecule has 2 unspecified atom stereocenters. The van der Waals surface area contributed by atoms with Crippen LogP contribution >= 0.6 is 12.0 Å². The van der Waals surface area contributed by atoms with Crippen LogP contribution in [0.1, 0.15) is 13.8 Å². The van der Waals surface area contributed by atoms with Gasteiger partial charge in [-0.15, -0.1) is 0 Å². The molecule has 2 atom stereocenters. The summed E-state index contributed by atoms with van der Waals surface area (Å²) in [6.07, 6.45) is 3.85. The largest absolute Gasteiger partial charge is 0.426 e. The van der Waals surface area contributed by atoms with E-state index in [4.69, 9.17) is 4.18 Å². The summed E-state index contributed by atoms with van der Waals surface area (Å²) in [5.41, 5.74) is 0. The normalized spacial score (nSPS) is 32.4. The molecule has 1 nitrogen and oxygen atoms in total. The third-order valence-electron chi connectivity index (χ3n) is 1.66. The van der Waals surface area contributed by atoms with Crippen molar-refractivity contribution >= 4 is 12.0 Å². The van der Waals surface area contributed by atoms with E-state index in [2.05, 4.69) is 26.5 Å². The standard InChI is InChI=1S/C8H12OS/c1-4-8-5-6(2)7(3)10-9-8/h4-7H,1H2,2-3H3. The Balaban J connectivity index is 2.65. The van der Waals surface area contributed by atoms with Crippen molar-refractivity contribution in [3.63, 3.8) is 0 Å². The Kier molecular flexibility index (Phi) is 2.44. The topological polar surface area (TPSA) is 9.23 Å². The van der Waals surface area contributed by atoms with Gasteiger partial charge in [-0.05, 0) is 25.0 Å². The van der Waals surface area contributed by atoms with Gasteiger partial charge in [0.15, 0.2) is 0 Å². The van der Waals surface area contributed by atoms with E-state index in [1.165, 1.54) is 12.0 Å². The monoisotopic (exact) mass is 156 g/mol. The van der Waals surface area contributed by atoms with E-state index in [0.29, 0.717) is 11.2 Å². The molecule has 0 spiro atoms. The quantitative estimate of drug-likeness (QED) is 0.540.